The van der Waals surface area contributed by atoms with Crippen LogP contribution >= 0.6 is 0 Å². The highest BCUT2D eigenvalue weighted by Gasteiger charge is 2.24. The van der Waals surface area contributed by atoms with Crippen molar-refractivity contribution >= 4 is 60.5 Å². The maximum absolute atomic E-state index is 6.82. The molecule has 0 saturated carbocycles. The van der Waals surface area contributed by atoms with Crippen LogP contribution in [0.5, 0.6) is 0 Å². The van der Waals surface area contributed by atoms with Gasteiger partial charge in [0.25, 0.3) is 0 Å². The van der Waals surface area contributed by atoms with Crippen LogP contribution in [-0.2, 0) is 0 Å². The molecule has 0 N–H and O–H groups in total. The number of benzene rings is 10. The molecule has 0 radical (unpaired) electrons. The first kappa shape index (κ1) is 33.6. The van der Waals surface area contributed by atoms with Crippen molar-refractivity contribution in [3.8, 4) is 44.5 Å². The molecular formula is C56H37NO. The quantitative estimate of drug-likeness (QED) is 0.151. The van der Waals surface area contributed by atoms with Gasteiger partial charge < -0.3 is 9.32 Å². The molecule has 2 heteroatoms. The maximum Gasteiger partial charge on any atom is 0.145 e. The Balaban J connectivity index is 1.16. The molecule has 0 aliphatic rings. The average molecular weight is 740 g/mol. The third-order valence-electron chi connectivity index (χ3n) is 11.5. The van der Waals surface area contributed by atoms with E-state index >= 15 is 0 Å². The normalized spacial score (nSPS) is 11.4. The Morgan fingerprint density at radius 1 is 0.310 bits per heavy atom. The van der Waals surface area contributed by atoms with E-state index in [1.807, 2.05) is 0 Å². The van der Waals surface area contributed by atoms with Crippen molar-refractivity contribution in [1.82, 2.24) is 0 Å². The van der Waals surface area contributed by atoms with Gasteiger partial charge in [-0.2, -0.15) is 0 Å². The van der Waals surface area contributed by atoms with Gasteiger partial charge in [-0.05, 0) is 103 Å². The number of rotatable bonds is 7. The number of hydrogen-bond donors (Lipinski definition) is 0. The first-order chi connectivity index (χ1) is 28.8. The van der Waals surface area contributed by atoms with E-state index in [0.29, 0.717) is 0 Å². The van der Waals surface area contributed by atoms with Crippen LogP contribution in [0.2, 0.25) is 0 Å². The molecule has 11 aromatic rings. The minimum Gasteiger partial charge on any atom is -0.455 e. The zero-order valence-electron chi connectivity index (χ0n) is 31.7. The molecule has 10 aromatic carbocycles. The van der Waals surface area contributed by atoms with Gasteiger partial charge in [0.1, 0.15) is 11.2 Å². The lowest BCUT2D eigenvalue weighted by Gasteiger charge is -2.29. The molecular weight excluding hydrogens is 703 g/mol. The molecule has 0 spiro atoms. The van der Waals surface area contributed by atoms with Gasteiger partial charge in [-0.25, -0.2) is 0 Å². The molecule has 0 saturated heterocycles. The summed E-state index contributed by atoms with van der Waals surface area (Å²) >= 11 is 0. The van der Waals surface area contributed by atoms with Crippen LogP contribution in [0.25, 0.3) is 88.0 Å². The SMILES string of the molecule is c1ccc(-c2cccc(-c3ccc(N(c4ccccc4-c4cc5ccccc5c5ccccc45)c4ccc(-c5ccccc5)c5oc6ccccc6c45)cc3)c2)cc1. The molecule has 58 heavy (non-hydrogen) atoms. The molecule has 272 valence electrons. The zero-order chi connectivity index (χ0) is 38.4. The molecule has 11 rings (SSSR count). The van der Waals surface area contributed by atoms with Crippen molar-refractivity contribution in [2.45, 2.75) is 0 Å². The third-order valence-corrected chi connectivity index (χ3v) is 11.5. The molecule has 0 aliphatic carbocycles. The van der Waals surface area contributed by atoms with Gasteiger partial charge in [-0.1, -0.05) is 176 Å². The summed E-state index contributed by atoms with van der Waals surface area (Å²) < 4.78 is 6.82. The highest BCUT2D eigenvalue weighted by Crippen LogP contribution is 2.49. The molecule has 0 bridgehead atoms. The third kappa shape index (κ3) is 5.74. The Morgan fingerprint density at radius 2 is 0.897 bits per heavy atom. The molecule has 2 nitrogen and oxygen atoms in total. The van der Waals surface area contributed by atoms with Crippen molar-refractivity contribution < 1.29 is 4.42 Å². The van der Waals surface area contributed by atoms with E-state index in [2.05, 4.69) is 229 Å². The van der Waals surface area contributed by atoms with Gasteiger partial charge in [0.05, 0.1) is 16.8 Å². The van der Waals surface area contributed by atoms with E-state index < -0.39 is 0 Å². The highest BCUT2D eigenvalue weighted by atomic mass is 16.3. The standard InChI is InChI=1S/C56H37NO/c1-3-16-38(17-4-1)41-21-15-22-42(36-41)39-30-32-44(33-31-39)57(53-35-34-46(40-18-5-2-6-19-40)56-55(53)50-27-12-14-29-54(50)58-56)52-28-13-11-26-49(52)51-37-43-20-7-8-23-45(43)47-24-9-10-25-48(47)51/h1-37H. The minimum atomic E-state index is 0.865. The summed E-state index contributed by atoms with van der Waals surface area (Å²) in [5, 5.41) is 7.10. The first-order valence-corrected chi connectivity index (χ1v) is 19.8. The highest BCUT2D eigenvalue weighted by molar-refractivity contribution is 6.19. The van der Waals surface area contributed by atoms with E-state index in [-0.39, 0.29) is 0 Å². The monoisotopic (exact) mass is 739 g/mol. The molecule has 0 unspecified atom stereocenters. The van der Waals surface area contributed by atoms with E-state index in [1.165, 1.54) is 43.8 Å². The smallest absolute Gasteiger partial charge is 0.145 e. The van der Waals surface area contributed by atoms with Gasteiger partial charge in [-0.3, -0.25) is 0 Å². The summed E-state index contributed by atoms with van der Waals surface area (Å²) in [6, 6.07) is 80.6. The van der Waals surface area contributed by atoms with Crippen LogP contribution in [0.3, 0.4) is 0 Å². The average Bonchev–Trinajstić information content (AvgIpc) is 3.70. The molecule has 0 fully saturated rings. The zero-order valence-corrected chi connectivity index (χ0v) is 31.7. The number of para-hydroxylation sites is 2. The number of nitrogens with zero attached hydrogens (tertiary/aromatic N) is 1. The summed E-state index contributed by atoms with van der Waals surface area (Å²) in [6.07, 6.45) is 0. The second-order valence-electron chi connectivity index (χ2n) is 14.8. The van der Waals surface area contributed by atoms with Gasteiger partial charge >= 0.3 is 0 Å². The number of hydrogen-bond acceptors (Lipinski definition) is 2. The van der Waals surface area contributed by atoms with Crippen LogP contribution in [0.15, 0.2) is 229 Å². The Bertz CT molecular complexity index is 3270. The lowest BCUT2D eigenvalue weighted by atomic mass is 9.91. The topological polar surface area (TPSA) is 16.4 Å². The first-order valence-electron chi connectivity index (χ1n) is 19.8. The van der Waals surface area contributed by atoms with Crippen LogP contribution in [0.4, 0.5) is 17.1 Å². The fourth-order valence-corrected chi connectivity index (χ4v) is 8.74. The van der Waals surface area contributed by atoms with Gasteiger partial charge in [0, 0.05) is 22.2 Å². The van der Waals surface area contributed by atoms with Crippen LogP contribution in [0.1, 0.15) is 0 Å². The van der Waals surface area contributed by atoms with Crippen molar-refractivity contribution in [3.05, 3.63) is 224 Å². The van der Waals surface area contributed by atoms with Crippen LogP contribution < -0.4 is 4.90 Å². The fourth-order valence-electron chi connectivity index (χ4n) is 8.74. The Morgan fingerprint density at radius 3 is 1.67 bits per heavy atom. The van der Waals surface area contributed by atoms with Crippen LogP contribution in [0, 0.1) is 0 Å². The van der Waals surface area contributed by atoms with E-state index in [0.717, 1.165) is 61.3 Å². The number of fused-ring (bicyclic) bond motifs is 6. The predicted octanol–water partition coefficient (Wildman–Crippen LogP) is 16.0. The molecule has 0 atom stereocenters. The molecule has 1 aromatic heterocycles. The number of anilines is 3. The summed E-state index contributed by atoms with van der Waals surface area (Å²) in [6.45, 7) is 0. The maximum atomic E-state index is 6.82. The van der Waals surface area contributed by atoms with Gasteiger partial charge in [-0.15, -0.1) is 0 Å². The Hall–Kier alpha value is -7.68. The van der Waals surface area contributed by atoms with Crippen LogP contribution in [-0.4, -0.2) is 0 Å². The van der Waals surface area contributed by atoms with Crippen molar-refractivity contribution in [1.29, 1.82) is 0 Å². The predicted molar refractivity (Wildman–Crippen MR) is 245 cm³/mol. The lowest BCUT2D eigenvalue weighted by Crippen LogP contribution is -2.12. The summed E-state index contributed by atoms with van der Waals surface area (Å²) in [5.74, 6) is 0. The number of furan rings is 1. The van der Waals surface area contributed by atoms with E-state index in [1.54, 1.807) is 0 Å². The second-order valence-corrected chi connectivity index (χ2v) is 14.8. The van der Waals surface area contributed by atoms with Gasteiger partial charge in [0.2, 0.25) is 0 Å². The summed E-state index contributed by atoms with van der Waals surface area (Å²) in [4.78, 5) is 2.43. The van der Waals surface area contributed by atoms with Crippen molar-refractivity contribution in [3.63, 3.8) is 0 Å². The van der Waals surface area contributed by atoms with Crippen molar-refractivity contribution in [2.24, 2.45) is 0 Å². The van der Waals surface area contributed by atoms with E-state index in [9.17, 15) is 0 Å². The second kappa shape index (κ2) is 14.1. The van der Waals surface area contributed by atoms with E-state index in [4.69, 9.17) is 4.42 Å². The fraction of sp³-hybridized carbons (Fsp3) is 0. The largest absolute Gasteiger partial charge is 0.455 e. The van der Waals surface area contributed by atoms with Crippen molar-refractivity contribution in [2.75, 3.05) is 4.90 Å². The molecule has 1 heterocycles. The Kier molecular flexibility index (Phi) is 8.19. The summed E-state index contributed by atoms with van der Waals surface area (Å²) in [5.41, 5.74) is 14.2. The summed E-state index contributed by atoms with van der Waals surface area (Å²) in [7, 11) is 0. The lowest BCUT2D eigenvalue weighted by molar-refractivity contribution is 0.670. The van der Waals surface area contributed by atoms with Gasteiger partial charge in [0.15, 0.2) is 0 Å². The minimum absolute atomic E-state index is 0.865. The molecule has 0 aliphatic heterocycles. The molecule has 0 amide bonds. The Labute approximate surface area is 337 Å².